The maximum atomic E-state index is 12.4. The van der Waals surface area contributed by atoms with Crippen LogP contribution in [0, 0.1) is 6.92 Å². The van der Waals surface area contributed by atoms with Crippen molar-refractivity contribution >= 4 is 16.2 Å². The van der Waals surface area contributed by atoms with Crippen LogP contribution in [0.15, 0.2) is 29.2 Å². The Hall–Kier alpha value is -1.60. The molecule has 0 spiro atoms. The number of ether oxygens (including phenoxy) is 1. The molecule has 0 aromatic heterocycles. The molecule has 1 saturated heterocycles. The van der Waals surface area contributed by atoms with E-state index in [0.717, 1.165) is 5.56 Å². The van der Waals surface area contributed by atoms with E-state index in [-0.39, 0.29) is 17.5 Å². The Morgan fingerprint density at radius 2 is 1.79 bits per heavy atom. The topological polar surface area (TPSA) is 72.9 Å². The molecular formula is C17H25NO5S. The number of amides is 1. The standard InChI is InChI=1S/C17H25NO5S/c1-12-6-8-15(9-7-12)24(20,21)23-14-10-13(2)18(11-14)16(19)22-17(3,4)5/h6-9,13-14H,10-11H2,1-5H3/t13-,14-/m1/s1. The molecule has 1 aromatic carbocycles. The molecule has 0 aliphatic carbocycles. The Morgan fingerprint density at radius 3 is 2.33 bits per heavy atom. The Balaban J connectivity index is 2.04. The molecule has 1 amide bonds. The van der Waals surface area contributed by atoms with E-state index in [1.807, 2.05) is 13.8 Å². The largest absolute Gasteiger partial charge is 0.444 e. The van der Waals surface area contributed by atoms with Crippen molar-refractivity contribution in [2.24, 2.45) is 0 Å². The average molecular weight is 355 g/mol. The van der Waals surface area contributed by atoms with Crippen molar-refractivity contribution in [3.8, 4) is 0 Å². The predicted molar refractivity (Wildman–Crippen MR) is 90.3 cm³/mol. The summed E-state index contributed by atoms with van der Waals surface area (Å²) in [6.45, 7) is 9.31. The lowest BCUT2D eigenvalue weighted by Gasteiger charge is -2.26. The number of hydrogen-bond donors (Lipinski definition) is 0. The van der Waals surface area contributed by atoms with Crippen molar-refractivity contribution in [3.05, 3.63) is 29.8 Å². The van der Waals surface area contributed by atoms with Crippen LogP contribution in [0.4, 0.5) is 4.79 Å². The second kappa shape index (κ2) is 6.72. The Kier molecular flexibility index (Phi) is 5.25. The van der Waals surface area contributed by atoms with Gasteiger partial charge in [0.1, 0.15) is 5.60 Å². The molecule has 2 atom stereocenters. The molecule has 1 heterocycles. The highest BCUT2D eigenvalue weighted by Gasteiger charge is 2.38. The van der Waals surface area contributed by atoms with Crippen LogP contribution in [0.1, 0.15) is 39.7 Å². The molecular weight excluding hydrogens is 330 g/mol. The number of benzene rings is 1. The number of aryl methyl sites for hydroxylation is 1. The molecule has 1 fully saturated rings. The molecule has 1 aliphatic rings. The van der Waals surface area contributed by atoms with Crippen LogP contribution in [0.2, 0.25) is 0 Å². The lowest BCUT2D eigenvalue weighted by atomic mass is 10.2. The van der Waals surface area contributed by atoms with E-state index < -0.39 is 27.9 Å². The van der Waals surface area contributed by atoms with Crippen LogP contribution < -0.4 is 0 Å². The monoisotopic (exact) mass is 355 g/mol. The number of carbonyl (C=O) groups is 1. The molecule has 7 heteroatoms. The molecule has 0 unspecified atom stereocenters. The summed E-state index contributed by atoms with van der Waals surface area (Å²) < 4.78 is 35.4. The second-order valence-electron chi connectivity index (χ2n) is 7.20. The summed E-state index contributed by atoms with van der Waals surface area (Å²) in [5.41, 5.74) is 0.378. The van der Waals surface area contributed by atoms with E-state index in [2.05, 4.69) is 0 Å². The van der Waals surface area contributed by atoms with Crippen LogP contribution >= 0.6 is 0 Å². The minimum atomic E-state index is -3.85. The van der Waals surface area contributed by atoms with E-state index in [4.69, 9.17) is 8.92 Å². The smallest absolute Gasteiger partial charge is 0.410 e. The minimum Gasteiger partial charge on any atom is -0.444 e. The highest BCUT2D eigenvalue weighted by Crippen LogP contribution is 2.26. The summed E-state index contributed by atoms with van der Waals surface area (Å²) in [5, 5.41) is 0. The summed E-state index contributed by atoms with van der Waals surface area (Å²) in [6, 6.07) is 6.35. The van der Waals surface area contributed by atoms with Gasteiger partial charge in [-0.1, -0.05) is 17.7 Å². The molecule has 1 aromatic rings. The van der Waals surface area contributed by atoms with Gasteiger partial charge in [0, 0.05) is 6.04 Å². The zero-order valence-electron chi connectivity index (χ0n) is 14.8. The van der Waals surface area contributed by atoms with Gasteiger partial charge in [0.25, 0.3) is 10.1 Å². The van der Waals surface area contributed by atoms with Crippen molar-refractivity contribution in [1.29, 1.82) is 0 Å². The number of rotatable bonds is 3. The molecule has 134 valence electrons. The van der Waals surface area contributed by atoms with Crippen LogP contribution in [-0.2, 0) is 19.0 Å². The summed E-state index contributed by atoms with van der Waals surface area (Å²) in [5.74, 6) is 0. The fraction of sp³-hybridized carbons (Fsp3) is 0.588. The van der Waals surface area contributed by atoms with Gasteiger partial charge >= 0.3 is 6.09 Å². The minimum absolute atomic E-state index is 0.122. The zero-order valence-corrected chi connectivity index (χ0v) is 15.6. The lowest BCUT2D eigenvalue weighted by Crippen LogP contribution is -2.39. The maximum absolute atomic E-state index is 12.4. The van der Waals surface area contributed by atoms with Crippen molar-refractivity contribution in [1.82, 2.24) is 4.90 Å². The first-order valence-electron chi connectivity index (χ1n) is 7.97. The van der Waals surface area contributed by atoms with Crippen molar-refractivity contribution in [3.63, 3.8) is 0 Å². The van der Waals surface area contributed by atoms with Crippen LogP contribution in [-0.4, -0.2) is 43.7 Å². The Bertz CT molecular complexity index is 691. The third-order valence-electron chi connectivity index (χ3n) is 3.74. The first-order valence-corrected chi connectivity index (χ1v) is 9.38. The van der Waals surface area contributed by atoms with E-state index in [0.29, 0.717) is 6.42 Å². The summed E-state index contributed by atoms with van der Waals surface area (Å²) in [6.07, 6.45) is -0.572. The predicted octanol–water partition coefficient (Wildman–Crippen LogP) is 3.10. The van der Waals surface area contributed by atoms with Gasteiger partial charge in [-0.2, -0.15) is 8.42 Å². The fourth-order valence-electron chi connectivity index (χ4n) is 2.57. The maximum Gasteiger partial charge on any atom is 0.410 e. The van der Waals surface area contributed by atoms with E-state index in [9.17, 15) is 13.2 Å². The Labute approximate surface area is 143 Å². The number of hydrogen-bond acceptors (Lipinski definition) is 5. The number of likely N-dealkylation sites (tertiary alicyclic amines) is 1. The molecule has 0 saturated carbocycles. The first kappa shape index (κ1) is 18.7. The molecule has 0 bridgehead atoms. The van der Waals surface area contributed by atoms with Gasteiger partial charge in [-0.15, -0.1) is 0 Å². The molecule has 0 N–H and O–H groups in total. The van der Waals surface area contributed by atoms with Gasteiger partial charge in [-0.3, -0.25) is 4.18 Å². The third-order valence-corrected chi connectivity index (χ3v) is 5.11. The van der Waals surface area contributed by atoms with Gasteiger partial charge < -0.3 is 9.64 Å². The highest BCUT2D eigenvalue weighted by atomic mass is 32.2. The summed E-state index contributed by atoms with van der Waals surface area (Å²) in [4.78, 5) is 13.8. The van der Waals surface area contributed by atoms with Gasteiger partial charge in [0.15, 0.2) is 0 Å². The summed E-state index contributed by atoms with van der Waals surface area (Å²) >= 11 is 0. The third kappa shape index (κ3) is 4.70. The molecule has 24 heavy (non-hydrogen) atoms. The van der Waals surface area contributed by atoms with Gasteiger partial charge in [-0.05, 0) is 53.2 Å². The second-order valence-corrected chi connectivity index (χ2v) is 8.77. The van der Waals surface area contributed by atoms with Crippen LogP contribution in [0.25, 0.3) is 0 Å². The van der Waals surface area contributed by atoms with Gasteiger partial charge in [0.05, 0.1) is 17.5 Å². The normalized spacial score (nSPS) is 21.8. The quantitative estimate of drug-likeness (QED) is 0.779. The fourth-order valence-corrected chi connectivity index (χ4v) is 3.64. The highest BCUT2D eigenvalue weighted by molar-refractivity contribution is 7.86. The van der Waals surface area contributed by atoms with Crippen molar-refractivity contribution in [2.75, 3.05) is 6.54 Å². The van der Waals surface area contributed by atoms with Gasteiger partial charge in [-0.25, -0.2) is 4.79 Å². The SMILES string of the molecule is Cc1ccc(S(=O)(=O)O[C@@H]2C[C@@H](C)N(C(=O)OC(C)(C)C)C2)cc1. The van der Waals surface area contributed by atoms with Crippen molar-refractivity contribution in [2.45, 2.75) is 63.7 Å². The number of carbonyl (C=O) groups excluding carboxylic acids is 1. The number of nitrogens with zero attached hydrogens (tertiary/aromatic N) is 1. The lowest BCUT2D eigenvalue weighted by molar-refractivity contribution is 0.0224. The van der Waals surface area contributed by atoms with E-state index in [1.165, 1.54) is 17.0 Å². The summed E-state index contributed by atoms with van der Waals surface area (Å²) in [7, 11) is -3.85. The molecule has 6 nitrogen and oxygen atoms in total. The average Bonchev–Trinajstić information content (AvgIpc) is 2.77. The van der Waals surface area contributed by atoms with E-state index in [1.54, 1.807) is 32.9 Å². The van der Waals surface area contributed by atoms with Gasteiger partial charge in [0.2, 0.25) is 0 Å². The molecule has 0 radical (unpaired) electrons. The van der Waals surface area contributed by atoms with Crippen molar-refractivity contribution < 1.29 is 22.1 Å². The first-order chi connectivity index (χ1) is 11.0. The van der Waals surface area contributed by atoms with Crippen LogP contribution in [0.3, 0.4) is 0 Å². The Morgan fingerprint density at radius 1 is 1.21 bits per heavy atom. The van der Waals surface area contributed by atoms with Crippen LogP contribution in [0.5, 0.6) is 0 Å². The zero-order chi connectivity index (χ0) is 18.1. The van der Waals surface area contributed by atoms with E-state index >= 15 is 0 Å². The molecule has 1 aliphatic heterocycles. The molecule has 2 rings (SSSR count).